The Bertz CT molecular complexity index is 440. The lowest BCUT2D eigenvalue weighted by atomic mass is 10.2. The van der Waals surface area contributed by atoms with Crippen molar-refractivity contribution < 1.29 is 4.74 Å². The van der Waals surface area contributed by atoms with Gasteiger partial charge in [0.2, 0.25) is 0 Å². The zero-order chi connectivity index (χ0) is 10.7. The smallest absolute Gasteiger partial charge is 0.142 e. The van der Waals surface area contributed by atoms with E-state index in [-0.39, 0.29) is 0 Å². The minimum absolute atomic E-state index is 0.626. The van der Waals surface area contributed by atoms with Crippen LogP contribution in [0.5, 0.6) is 5.75 Å². The standard InChI is InChI=1S/C11H12N2OS/c1-2-14-10-4-3-8(7-9(10)12)11-13-5-6-15-11/h3-7H,2,12H2,1H3. The van der Waals surface area contributed by atoms with E-state index in [4.69, 9.17) is 10.5 Å². The molecular weight excluding hydrogens is 208 g/mol. The summed E-state index contributed by atoms with van der Waals surface area (Å²) in [5.41, 5.74) is 7.56. The quantitative estimate of drug-likeness (QED) is 0.809. The SMILES string of the molecule is CCOc1ccc(-c2nccs2)cc1N. The first kappa shape index (κ1) is 9.98. The van der Waals surface area contributed by atoms with Crippen molar-refractivity contribution in [1.29, 1.82) is 0 Å². The largest absolute Gasteiger partial charge is 0.492 e. The first-order valence-corrected chi connectivity index (χ1v) is 5.61. The molecule has 0 spiro atoms. The minimum atomic E-state index is 0.626. The number of hydrogen-bond donors (Lipinski definition) is 1. The van der Waals surface area contributed by atoms with Crippen molar-refractivity contribution in [2.75, 3.05) is 12.3 Å². The molecule has 15 heavy (non-hydrogen) atoms. The van der Waals surface area contributed by atoms with E-state index in [1.54, 1.807) is 17.5 Å². The molecule has 1 aromatic carbocycles. The lowest BCUT2D eigenvalue weighted by molar-refractivity contribution is 0.342. The van der Waals surface area contributed by atoms with Crippen LogP contribution in [-0.2, 0) is 0 Å². The summed E-state index contributed by atoms with van der Waals surface area (Å²) in [6.45, 7) is 2.56. The molecule has 4 heteroatoms. The first-order valence-electron chi connectivity index (χ1n) is 4.73. The van der Waals surface area contributed by atoms with Gasteiger partial charge in [0.25, 0.3) is 0 Å². The number of hydrogen-bond acceptors (Lipinski definition) is 4. The molecule has 0 fully saturated rings. The van der Waals surface area contributed by atoms with Gasteiger partial charge in [0, 0.05) is 17.1 Å². The van der Waals surface area contributed by atoms with E-state index in [2.05, 4.69) is 4.98 Å². The van der Waals surface area contributed by atoms with Crippen LogP contribution in [0.3, 0.4) is 0 Å². The summed E-state index contributed by atoms with van der Waals surface area (Å²) in [4.78, 5) is 4.23. The zero-order valence-electron chi connectivity index (χ0n) is 8.43. The number of aromatic nitrogens is 1. The van der Waals surface area contributed by atoms with Gasteiger partial charge in [-0.3, -0.25) is 0 Å². The second kappa shape index (κ2) is 4.31. The summed E-state index contributed by atoms with van der Waals surface area (Å²) in [5, 5.41) is 2.92. The van der Waals surface area contributed by atoms with Gasteiger partial charge < -0.3 is 10.5 Å². The first-order chi connectivity index (χ1) is 7.31. The normalized spacial score (nSPS) is 10.2. The van der Waals surface area contributed by atoms with Gasteiger partial charge in [-0.2, -0.15) is 0 Å². The highest BCUT2D eigenvalue weighted by Gasteiger charge is 2.04. The fraction of sp³-hybridized carbons (Fsp3) is 0.182. The number of nitrogen functional groups attached to an aromatic ring is 1. The van der Waals surface area contributed by atoms with Crippen molar-refractivity contribution in [2.24, 2.45) is 0 Å². The molecule has 2 aromatic rings. The van der Waals surface area contributed by atoms with Gasteiger partial charge in [-0.25, -0.2) is 4.98 Å². The van der Waals surface area contributed by atoms with Gasteiger partial charge in [-0.05, 0) is 25.1 Å². The summed E-state index contributed by atoms with van der Waals surface area (Å²) in [6.07, 6.45) is 1.78. The molecule has 0 radical (unpaired) electrons. The Kier molecular flexibility index (Phi) is 2.87. The highest BCUT2D eigenvalue weighted by Crippen LogP contribution is 2.29. The summed E-state index contributed by atoms with van der Waals surface area (Å²) in [6, 6.07) is 5.75. The maximum absolute atomic E-state index is 5.87. The molecule has 1 aromatic heterocycles. The van der Waals surface area contributed by atoms with Crippen LogP contribution in [0.15, 0.2) is 29.8 Å². The summed E-state index contributed by atoms with van der Waals surface area (Å²) in [7, 11) is 0. The van der Waals surface area contributed by atoms with E-state index in [0.717, 1.165) is 16.3 Å². The van der Waals surface area contributed by atoms with E-state index in [1.807, 2.05) is 30.5 Å². The van der Waals surface area contributed by atoms with Gasteiger partial charge in [0.05, 0.1) is 12.3 Å². The van der Waals surface area contributed by atoms with Crippen molar-refractivity contribution in [1.82, 2.24) is 4.98 Å². The number of nitrogens with zero attached hydrogens (tertiary/aromatic N) is 1. The average molecular weight is 220 g/mol. The molecule has 0 atom stereocenters. The van der Waals surface area contributed by atoms with Gasteiger partial charge in [0.1, 0.15) is 10.8 Å². The third-order valence-electron chi connectivity index (χ3n) is 1.99. The van der Waals surface area contributed by atoms with Crippen molar-refractivity contribution in [3.05, 3.63) is 29.8 Å². The van der Waals surface area contributed by atoms with Crippen molar-refractivity contribution in [3.8, 4) is 16.3 Å². The van der Waals surface area contributed by atoms with E-state index in [0.29, 0.717) is 12.3 Å². The second-order valence-electron chi connectivity index (χ2n) is 3.02. The zero-order valence-corrected chi connectivity index (χ0v) is 9.25. The topological polar surface area (TPSA) is 48.1 Å². The van der Waals surface area contributed by atoms with Crippen molar-refractivity contribution >= 4 is 17.0 Å². The van der Waals surface area contributed by atoms with Crippen LogP contribution in [0.4, 0.5) is 5.69 Å². The monoisotopic (exact) mass is 220 g/mol. The lowest BCUT2D eigenvalue weighted by Gasteiger charge is -2.07. The molecule has 0 aliphatic carbocycles. The third-order valence-corrected chi connectivity index (χ3v) is 2.81. The molecule has 0 amide bonds. The summed E-state index contributed by atoms with van der Waals surface area (Å²) >= 11 is 1.60. The molecule has 2 rings (SSSR count). The number of thiazole rings is 1. The minimum Gasteiger partial charge on any atom is -0.492 e. The number of ether oxygens (including phenoxy) is 1. The fourth-order valence-electron chi connectivity index (χ4n) is 1.33. The summed E-state index contributed by atoms with van der Waals surface area (Å²) < 4.78 is 5.37. The maximum Gasteiger partial charge on any atom is 0.142 e. The number of benzene rings is 1. The molecule has 0 saturated heterocycles. The molecule has 2 N–H and O–H groups in total. The Hall–Kier alpha value is -1.55. The molecular formula is C11H12N2OS. The molecule has 0 unspecified atom stereocenters. The van der Waals surface area contributed by atoms with E-state index < -0.39 is 0 Å². The van der Waals surface area contributed by atoms with Crippen LogP contribution in [0.1, 0.15) is 6.92 Å². The summed E-state index contributed by atoms with van der Waals surface area (Å²) in [5.74, 6) is 0.734. The molecule has 0 aliphatic rings. The molecule has 3 nitrogen and oxygen atoms in total. The number of nitrogens with two attached hydrogens (primary N) is 1. The predicted octanol–water partition coefficient (Wildman–Crippen LogP) is 2.79. The molecule has 1 heterocycles. The van der Waals surface area contributed by atoms with Crippen LogP contribution in [0.25, 0.3) is 10.6 Å². The second-order valence-corrected chi connectivity index (χ2v) is 3.92. The van der Waals surface area contributed by atoms with Crippen LogP contribution < -0.4 is 10.5 Å². The van der Waals surface area contributed by atoms with E-state index >= 15 is 0 Å². The highest BCUT2D eigenvalue weighted by atomic mass is 32.1. The van der Waals surface area contributed by atoms with E-state index in [9.17, 15) is 0 Å². The van der Waals surface area contributed by atoms with Crippen LogP contribution in [-0.4, -0.2) is 11.6 Å². The molecule has 78 valence electrons. The van der Waals surface area contributed by atoms with Crippen molar-refractivity contribution in [3.63, 3.8) is 0 Å². The molecule has 0 saturated carbocycles. The van der Waals surface area contributed by atoms with Crippen LogP contribution in [0.2, 0.25) is 0 Å². The molecule has 0 bridgehead atoms. The number of rotatable bonds is 3. The lowest BCUT2D eigenvalue weighted by Crippen LogP contribution is -1.96. The fourth-order valence-corrected chi connectivity index (χ4v) is 1.97. The maximum atomic E-state index is 5.87. The van der Waals surface area contributed by atoms with Crippen LogP contribution in [0, 0.1) is 0 Å². The highest BCUT2D eigenvalue weighted by molar-refractivity contribution is 7.13. The van der Waals surface area contributed by atoms with Gasteiger partial charge >= 0.3 is 0 Å². The third kappa shape index (κ3) is 2.10. The molecule has 0 aliphatic heterocycles. The predicted molar refractivity (Wildman–Crippen MR) is 63.1 cm³/mol. The average Bonchev–Trinajstić information content (AvgIpc) is 2.74. The van der Waals surface area contributed by atoms with Crippen LogP contribution >= 0.6 is 11.3 Å². The Morgan fingerprint density at radius 2 is 2.33 bits per heavy atom. The van der Waals surface area contributed by atoms with Gasteiger partial charge in [-0.1, -0.05) is 0 Å². The van der Waals surface area contributed by atoms with Crippen molar-refractivity contribution in [2.45, 2.75) is 6.92 Å². The van der Waals surface area contributed by atoms with E-state index in [1.165, 1.54) is 0 Å². The van der Waals surface area contributed by atoms with Gasteiger partial charge in [-0.15, -0.1) is 11.3 Å². The Labute approximate surface area is 92.5 Å². The Morgan fingerprint density at radius 1 is 1.47 bits per heavy atom. The van der Waals surface area contributed by atoms with Gasteiger partial charge in [0.15, 0.2) is 0 Å². The Morgan fingerprint density at radius 3 is 2.93 bits per heavy atom. The Balaban J connectivity index is 2.33. The number of anilines is 1.